The fourth-order valence-electron chi connectivity index (χ4n) is 2.97. The second kappa shape index (κ2) is 11.4. The summed E-state index contributed by atoms with van der Waals surface area (Å²) in [5, 5.41) is 0. The van der Waals surface area contributed by atoms with Crippen molar-refractivity contribution in [3.8, 4) is 0 Å². The maximum Gasteiger partial charge on any atom is 0.0596 e. The van der Waals surface area contributed by atoms with Gasteiger partial charge in [-0.3, -0.25) is 0 Å². The summed E-state index contributed by atoms with van der Waals surface area (Å²) < 4.78 is 11.3. The average Bonchev–Trinajstić information content (AvgIpc) is 2.45. The zero-order valence-corrected chi connectivity index (χ0v) is 15.5. The summed E-state index contributed by atoms with van der Waals surface area (Å²) in [4.78, 5) is 4.99. The van der Waals surface area contributed by atoms with Crippen molar-refractivity contribution in [3.05, 3.63) is 0 Å². The third kappa shape index (κ3) is 9.78. The number of ether oxygens (including phenoxy) is 2. The van der Waals surface area contributed by atoms with Gasteiger partial charge in [0, 0.05) is 19.6 Å². The first kappa shape index (κ1) is 19.9. The maximum atomic E-state index is 5.68. The fourth-order valence-corrected chi connectivity index (χ4v) is 2.97. The molecule has 0 aromatic heterocycles. The van der Waals surface area contributed by atoms with E-state index in [2.05, 4.69) is 44.5 Å². The Morgan fingerprint density at radius 3 is 2.41 bits per heavy atom. The van der Waals surface area contributed by atoms with E-state index in [1.54, 1.807) is 0 Å². The number of nitrogens with zero attached hydrogens (tertiary/aromatic N) is 2. The lowest BCUT2D eigenvalue weighted by Gasteiger charge is -2.33. The highest BCUT2D eigenvalue weighted by Gasteiger charge is 2.19. The lowest BCUT2D eigenvalue weighted by molar-refractivity contribution is 0.0456. The van der Waals surface area contributed by atoms with Gasteiger partial charge in [0.15, 0.2) is 0 Å². The normalized spacial score (nSPS) is 20.5. The van der Waals surface area contributed by atoms with Crippen LogP contribution in [0.4, 0.5) is 0 Å². The minimum atomic E-state index is 0.341. The molecule has 0 saturated carbocycles. The molecule has 1 heterocycles. The van der Waals surface area contributed by atoms with Crippen molar-refractivity contribution in [3.63, 3.8) is 0 Å². The van der Waals surface area contributed by atoms with E-state index in [0.717, 1.165) is 32.2 Å². The van der Waals surface area contributed by atoms with Crippen LogP contribution in [0.1, 0.15) is 47.0 Å². The molecule has 1 aliphatic heterocycles. The molecule has 1 rings (SSSR count). The predicted octanol–water partition coefficient (Wildman–Crippen LogP) is 2.87. The Hall–Kier alpha value is -0.160. The lowest BCUT2D eigenvalue weighted by atomic mass is 9.94. The summed E-state index contributed by atoms with van der Waals surface area (Å²) in [6.45, 7) is 15.9. The van der Waals surface area contributed by atoms with Gasteiger partial charge in [0.05, 0.1) is 25.4 Å². The standard InChI is InChI=1S/C18H38N2O2/c1-16(2)21-13-11-19(5)10-8-18-7-6-9-20(15-18)12-14-22-17(3)4/h16-18H,6-15H2,1-5H3/t18-/m0/s1. The molecular weight excluding hydrogens is 276 g/mol. The first-order valence-corrected chi connectivity index (χ1v) is 9.11. The van der Waals surface area contributed by atoms with Crippen LogP contribution in [0.3, 0.4) is 0 Å². The number of hydrogen-bond acceptors (Lipinski definition) is 4. The monoisotopic (exact) mass is 314 g/mol. The van der Waals surface area contributed by atoms with Gasteiger partial charge in [0.1, 0.15) is 0 Å². The van der Waals surface area contributed by atoms with Gasteiger partial charge in [0.25, 0.3) is 0 Å². The van der Waals surface area contributed by atoms with Crippen LogP contribution in [0.25, 0.3) is 0 Å². The molecule has 22 heavy (non-hydrogen) atoms. The number of likely N-dealkylation sites (tertiary alicyclic amines) is 1. The highest BCUT2D eigenvalue weighted by atomic mass is 16.5. The molecule has 1 atom stereocenters. The molecule has 0 bridgehead atoms. The van der Waals surface area contributed by atoms with Crippen LogP contribution in [0, 0.1) is 5.92 Å². The van der Waals surface area contributed by atoms with Gasteiger partial charge >= 0.3 is 0 Å². The van der Waals surface area contributed by atoms with E-state index in [1.165, 1.54) is 38.9 Å². The molecule has 1 saturated heterocycles. The van der Waals surface area contributed by atoms with Crippen LogP contribution in [0.15, 0.2) is 0 Å². The largest absolute Gasteiger partial charge is 0.377 e. The Balaban J connectivity index is 2.11. The van der Waals surface area contributed by atoms with E-state index in [0.29, 0.717) is 12.2 Å². The fraction of sp³-hybridized carbons (Fsp3) is 1.00. The molecule has 0 spiro atoms. The molecule has 1 aliphatic rings. The maximum absolute atomic E-state index is 5.68. The molecule has 0 aromatic rings. The van der Waals surface area contributed by atoms with E-state index in [9.17, 15) is 0 Å². The first-order chi connectivity index (χ1) is 10.5. The van der Waals surface area contributed by atoms with Gasteiger partial charge < -0.3 is 19.3 Å². The minimum absolute atomic E-state index is 0.341. The summed E-state index contributed by atoms with van der Waals surface area (Å²) in [5.41, 5.74) is 0. The summed E-state index contributed by atoms with van der Waals surface area (Å²) >= 11 is 0. The van der Waals surface area contributed by atoms with Gasteiger partial charge in [-0.1, -0.05) is 0 Å². The Bertz CT molecular complexity index is 272. The summed E-state index contributed by atoms with van der Waals surface area (Å²) in [7, 11) is 2.21. The van der Waals surface area contributed by atoms with Crippen molar-refractivity contribution < 1.29 is 9.47 Å². The van der Waals surface area contributed by atoms with Crippen LogP contribution in [-0.2, 0) is 9.47 Å². The zero-order chi connectivity index (χ0) is 16.4. The van der Waals surface area contributed by atoms with Gasteiger partial charge in [0.2, 0.25) is 0 Å². The van der Waals surface area contributed by atoms with E-state index < -0.39 is 0 Å². The molecule has 0 radical (unpaired) electrons. The van der Waals surface area contributed by atoms with Gasteiger partial charge in [-0.05, 0) is 73.0 Å². The van der Waals surface area contributed by atoms with E-state index in [-0.39, 0.29) is 0 Å². The number of piperidine rings is 1. The van der Waals surface area contributed by atoms with E-state index in [1.807, 2.05) is 0 Å². The molecule has 0 aliphatic carbocycles. The van der Waals surface area contributed by atoms with E-state index in [4.69, 9.17) is 9.47 Å². The van der Waals surface area contributed by atoms with Crippen LogP contribution in [0.2, 0.25) is 0 Å². The Morgan fingerprint density at radius 1 is 1.05 bits per heavy atom. The highest BCUT2D eigenvalue weighted by molar-refractivity contribution is 4.74. The van der Waals surface area contributed by atoms with Crippen molar-refractivity contribution >= 4 is 0 Å². The molecule has 0 N–H and O–H groups in total. The van der Waals surface area contributed by atoms with E-state index >= 15 is 0 Å². The van der Waals surface area contributed by atoms with Crippen molar-refractivity contribution in [1.82, 2.24) is 9.80 Å². The molecule has 0 aromatic carbocycles. The van der Waals surface area contributed by atoms with Gasteiger partial charge in [-0.15, -0.1) is 0 Å². The molecule has 0 amide bonds. The number of hydrogen-bond donors (Lipinski definition) is 0. The van der Waals surface area contributed by atoms with Gasteiger partial charge in [-0.25, -0.2) is 0 Å². The molecule has 4 nitrogen and oxygen atoms in total. The highest BCUT2D eigenvalue weighted by Crippen LogP contribution is 2.19. The Kier molecular flexibility index (Phi) is 10.3. The quantitative estimate of drug-likeness (QED) is 0.585. The number of rotatable bonds is 11. The van der Waals surface area contributed by atoms with Crippen molar-refractivity contribution in [2.24, 2.45) is 5.92 Å². The van der Waals surface area contributed by atoms with Crippen LogP contribution in [0.5, 0.6) is 0 Å². The first-order valence-electron chi connectivity index (χ1n) is 9.11. The average molecular weight is 315 g/mol. The Morgan fingerprint density at radius 2 is 1.73 bits per heavy atom. The third-order valence-corrected chi connectivity index (χ3v) is 4.31. The van der Waals surface area contributed by atoms with Crippen molar-refractivity contribution in [2.75, 3.05) is 53.0 Å². The lowest BCUT2D eigenvalue weighted by Crippen LogP contribution is -2.39. The SMILES string of the molecule is CC(C)OCCN(C)CC[C@@H]1CCCN(CCOC(C)C)C1. The number of likely N-dealkylation sites (N-methyl/N-ethyl adjacent to an activating group) is 1. The third-order valence-electron chi connectivity index (χ3n) is 4.31. The second-order valence-electron chi connectivity index (χ2n) is 7.24. The second-order valence-corrected chi connectivity index (χ2v) is 7.24. The smallest absolute Gasteiger partial charge is 0.0596 e. The van der Waals surface area contributed by atoms with Crippen molar-refractivity contribution in [1.29, 1.82) is 0 Å². The molecule has 132 valence electrons. The summed E-state index contributed by atoms with van der Waals surface area (Å²) in [6.07, 6.45) is 4.72. The molecular formula is C18H38N2O2. The molecule has 0 unspecified atom stereocenters. The molecule has 1 fully saturated rings. The topological polar surface area (TPSA) is 24.9 Å². The zero-order valence-electron chi connectivity index (χ0n) is 15.5. The Labute approximate surface area is 138 Å². The molecule has 4 heteroatoms. The summed E-state index contributed by atoms with van der Waals surface area (Å²) in [5.74, 6) is 0.848. The van der Waals surface area contributed by atoms with Crippen molar-refractivity contribution in [2.45, 2.75) is 59.2 Å². The van der Waals surface area contributed by atoms with Gasteiger partial charge in [-0.2, -0.15) is 0 Å². The van der Waals surface area contributed by atoms with Crippen LogP contribution >= 0.6 is 0 Å². The minimum Gasteiger partial charge on any atom is -0.377 e. The predicted molar refractivity (Wildman–Crippen MR) is 93.5 cm³/mol. The van der Waals surface area contributed by atoms with Crippen LogP contribution in [-0.4, -0.2) is 75.0 Å². The summed E-state index contributed by atoms with van der Waals surface area (Å²) in [6, 6.07) is 0. The van der Waals surface area contributed by atoms with Crippen LogP contribution < -0.4 is 0 Å².